The normalized spacial score (nSPS) is 13.9. The van der Waals surface area contributed by atoms with Gasteiger partial charge < -0.3 is 14.0 Å². The van der Waals surface area contributed by atoms with Gasteiger partial charge in [0.05, 0.1) is 27.7 Å². The fraction of sp³-hybridized carbons (Fsp3) is 0.417. The fourth-order valence-corrected chi connectivity index (χ4v) is 5.10. The average Bonchev–Trinajstić information content (AvgIpc) is 3.42. The summed E-state index contributed by atoms with van der Waals surface area (Å²) in [6.07, 6.45) is 1.96. The van der Waals surface area contributed by atoms with Gasteiger partial charge in [0.2, 0.25) is 0 Å². The minimum atomic E-state index is -0.0840. The van der Waals surface area contributed by atoms with Gasteiger partial charge in [0.1, 0.15) is 41.6 Å². The summed E-state index contributed by atoms with van der Waals surface area (Å²) in [7, 11) is 0. The second kappa shape index (κ2) is 8.30. The lowest BCUT2D eigenvalue weighted by atomic mass is 10.1. The lowest BCUT2D eigenvalue weighted by Crippen LogP contribution is -2.06. The molecule has 5 rings (SSSR count). The van der Waals surface area contributed by atoms with Crippen molar-refractivity contribution >= 4 is 11.3 Å². The van der Waals surface area contributed by atoms with Gasteiger partial charge in [-0.3, -0.25) is 0 Å². The summed E-state index contributed by atoms with van der Waals surface area (Å²) in [6, 6.07) is 6.16. The molecule has 0 fully saturated rings. The number of hydrogen-bond acceptors (Lipinski definition) is 7. The van der Waals surface area contributed by atoms with Gasteiger partial charge in [-0.15, -0.1) is 11.3 Å². The fourth-order valence-electron chi connectivity index (χ4n) is 4.19. The van der Waals surface area contributed by atoms with Crippen molar-refractivity contribution in [2.45, 2.75) is 60.2 Å². The number of aromatic nitrogens is 6. The molecule has 4 aromatic rings. The molecule has 1 atom stereocenters. The zero-order chi connectivity index (χ0) is 23.3. The Kier molecular flexibility index (Phi) is 5.44. The van der Waals surface area contributed by atoms with Crippen LogP contribution in [0.1, 0.15) is 54.3 Å². The van der Waals surface area contributed by atoms with E-state index in [1.54, 1.807) is 11.3 Å². The zero-order valence-electron chi connectivity index (χ0n) is 19.8. The van der Waals surface area contributed by atoms with E-state index < -0.39 is 0 Å². The van der Waals surface area contributed by atoms with E-state index >= 15 is 0 Å². The maximum Gasteiger partial charge on any atom is 0.178 e. The van der Waals surface area contributed by atoms with Crippen molar-refractivity contribution in [1.82, 2.24) is 29.3 Å². The molecule has 9 heteroatoms. The monoisotopic (exact) mass is 464 g/mol. The van der Waals surface area contributed by atoms with E-state index in [1.165, 1.54) is 0 Å². The van der Waals surface area contributed by atoms with Gasteiger partial charge >= 0.3 is 0 Å². The molecular weight excluding hydrogens is 436 g/mol. The molecule has 1 aromatic carbocycles. The summed E-state index contributed by atoms with van der Waals surface area (Å²) in [4.78, 5) is 15.2. The van der Waals surface area contributed by atoms with E-state index in [1.807, 2.05) is 49.8 Å². The second-order valence-corrected chi connectivity index (χ2v) is 9.85. The molecule has 172 valence electrons. The topological polar surface area (TPSA) is 79.9 Å². The minimum Gasteiger partial charge on any atom is -0.491 e. The first-order valence-electron chi connectivity index (χ1n) is 11.2. The van der Waals surface area contributed by atoms with Gasteiger partial charge in [0, 0.05) is 18.3 Å². The Labute approximate surface area is 197 Å². The lowest BCUT2D eigenvalue weighted by molar-refractivity contribution is 0.227. The number of ether oxygens (including phenoxy) is 2. The highest BCUT2D eigenvalue weighted by molar-refractivity contribution is 7.11. The summed E-state index contributed by atoms with van der Waals surface area (Å²) < 4.78 is 16.4. The largest absolute Gasteiger partial charge is 0.491 e. The number of fused-ring (bicyclic) bond motifs is 3. The maximum absolute atomic E-state index is 6.25. The predicted molar refractivity (Wildman–Crippen MR) is 128 cm³/mol. The lowest BCUT2D eigenvalue weighted by Gasteiger charge is -2.15. The minimum absolute atomic E-state index is 0.0840. The first kappa shape index (κ1) is 21.6. The summed E-state index contributed by atoms with van der Waals surface area (Å²) in [6.45, 7) is 13.5. The summed E-state index contributed by atoms with van der Waals surface area (Å²) in [5.74, 6) is 3.93. The first-order valence-corrected chi connectivity index (χ1v) is 12.0. The van der Waals surface area contributed by atoms with Crippen LogP contribution in [0.2, 0.25) is 0 Å². The van der Waals surface area contributed by atoms with Gasteiger partial charge in [0.25, 0.3) is 0 Å². The van der Waals surface area contributed by atoms with Crippen molar-refractivity contribution < 1.29 is 9.47 Å². The third kappa shape index (κ3) is 4.01. The quantitative estimate of drug-likeness (QED) is 0.399. The molecule has 0 amide bonds. The molecule has 8 nitrogen and oxygen atoms in total. The van der Waals surface area contributed by atoms with Crippen LogP contribution in [0, 0.1) is 20.8 Å². The van der Waals surface area contributed by atoms with E-state index in [2.05, 4.69) is 40.4 Å². The number of benzene rings is 1. The maximum atomic E-state index is 6.25. The second-order valence-electron chi connectivity index (χ2n) is 8.61. The van der Waals surface area contributed by atoms with E-state index in [4.69, 9.17) is 14.5 Å². The van der Waals surface area contributed by atoms with Crippen LogP contribution in [0.25, 0.3) is 22.9 Å². The van der Waals surface area contributed by atoms with Crippen LogP contribution in [0.15, 0.2) is 24.4 Å². The standard InChI is InChI=1S/C24H28N6O2S/c1-13(2)30-24(26-16(5)28-30)20-12-29-9-10-31-21-11-18(7-8-19(21)23(29)27-20)32-15(4)22-14(3)25-17(6)33-22/h7-8,11-13,15H,9-10H2,1-6H3. The number of imidazole rings is 1. The molecule has 0 N–H and O–H groups in total. The highest BCUT2D eigenvalue weighted by Crippen LogP contribution is 2.38. The van der Waals surface area contributed by atoms with Crippen LogP contribution in [-0.4, -0.2) is 35.9 Å². The van der Waals surface area contributed by atoms with Crippen molar-refractivity contribution in [2.75, 3.05) is 6.61 Å². The molecule has 1 aliphatic heterocycles. The molecule has 1 aliphatic rings. The zero-order valence-corrected chi connectivity index (χ0v) is 20.6. The smallest absolute Gasteiger partial charge is 0.178 e. The molecule has 1 unspecified atom stereocenters. The molecule has 0 saturated heterocycles. The highest BCUT2D eigenvalue weighted by atomic mass is 32.1. The molecule has 0 radical (unpaired) electrons. The van der Waals surface area contributed by atoms with Gasteiger partial charge in [-0.2, -0.15) is 5.10 Å². The van der Waals surface area contributed by atoms with Gasteiger partial charge in [-0.1, -0.05) is 0 Å². The average molecular weight is 465 g/mol. The van der Waals surface area contributed by atoms with Crippen LogP contribution in [-0.2, 0) is 6.54 Å². The van der Waals surface area contributed by atoms with E-state index in [0.717, 1.165) is 55.8 Å². The predicted octanol–water partition coefficient (Wildman–Crippen LogP) is 5.30. The first-order chi connectivity index (χ1) is 15.8. The van der Waals surface area contributed by atoms with Crippen molar-refractivity contribution in [3.8, 4) is 34.4 Å². The van der Waals surface area contributed by atoms with Gasteiger partial charge in [-0.25, -0.2) is 19.6 Å². The SMILES string of the molecule is Cc1nc(-c2cn3c(n2)-c2ccc(OC(C)c4sc(C)nc4C)cc2OCC3)n(C(C)C)n1. The van der Waals surface area contributed by atoms with Crippen LogP contribution in [0.3, 0.4) is 0 Å². The Morgan fingerprint density at radius 3 is 2.61 bits per heavy atom. The van der Waals surface area contributed by atoms with Gasteiger partial charge in [-0.05, 0) is 53.7 Å². The number of thiazole rings is 1. The van der Waals surface area contributed by atoms with E-state index in [0.29, 0.717) is 13.2 Å². The molecule has 0 saturated carbocycles. The molecule has 3 aromatic heterocycles. The van der Waals surface area contributed by atoms with Gasteiger partial charge in [0.15, 0.2) is 5.82 Å². The van der Waals surface area contributed by atoms with Crippen LogP contribution in [0.5, 0.6) is 11.5 Å². The Balaban J connectivity index is 1.47. The summed E-state index contributed by atoms with van der Waals surface area (Å²) in [5, 5.41) is 5.59. The van der Waals surface area contributed by atoms with E-state index in [-0.39, 0.29) is 12.1 Å². The van der Waals surface area contributed by atoms with Crippen molar-refractivity contribution in [2.24, 2.45) is 0 Å². The molecule has 33 heavy (non-hydrogen) atoms. The Morgan fingerprint density at radius 1 is 1.06 bits per heavy atom. The van der Waals surface area contributed by atoms with Crippen molar-refractivity contribution in [3.05, 3.63) is 45.8 Å². The number of aryl methyl sites for hydroxylation is 3. The third-order valence-corrected chi connectivity index (χ3v) is 6.87. The third-order valence-electron chi connectivity index (χ3n) is 5.64. The van der Waals surface area contributed by atoms with Crippen molar-refractivity contribution in [1.29, 1.82) is 0 Å². The molecule has 0 bridgehead atoms. The van der Waals surface area contributed by atoms with Crippen LogP contribution < -0.4 is 9.47 Å². The Bertz CT molecular complexity index is 1320. The molecule has 0 spiro atoms. The molecule has 4 heterocycles. The Hall–Kier alpha value is -3.20. The van der Waals surface area contributed by atoms with Crippen molar-refractivity contribution in [3.63, 3.8) is 0 Å². The van der Waals surface area contributed by atoms with Crippen LogP contribution >= 0.6 is 11.3 Å². The molecular formula is C24H28N6O2S. The number of rotatable bonds is 5. The van der Waals surface area contributed by atoms with Crippen LogP contribution in [0.4, 0.5) is 0 Å². The Morgan fingerprint density at radius 2 is 1.88 bits per heavy atom. The number of hydrogen-bond donors (Lipinski definition) is 0. The van der Waals surface area contributed by atoms with E-state index in [9.17, 15) is 0 Å². The molecule has 0 aliphatic carbocycles. The highest BCUT2D eigenvalue weighted by Gasteiger charge is 2.23. The number of nitrogens with zero attached hydrogens (tertiary/aromatic N) is 6. The summed E-state index contributed by atoms with van der Waals surface area (Å²) >= 11 is 1.68. The summed E-state index contributed by atoms with van der Waals surface area (Å²) in [5.41, 5.74) is 2.78.